The lowest BCUT2D eigenvalue weighted by Gasteiger charge is -2.60. The Balaban J connectivity index is 0.675. The molecule has 2 spiro atoms. The SMILES string of the molecule is C[C@H]1[C@@H](CCCOC(=O)NCCCCNC(=O)OCCC[C@H]2O[C@@H]3O[C@@]4(C)CC[C@H]5[C@H](C)CC[C@@H]([C@H]2C)[C@@]35OO4)O[C@@H]2O[C@@]3(C)CC[C@H]4[C@H](C)CC[C@@H]1[C@@]24OO3. The van der Waals surface area contributed by atoms with Gasteiger partial charge in [-0.05, 0) is 126 Å². The van der Waals surface area contributed by atoms with Gasteiger partial charge in [0.25, 0.3) is 0 Å². The predicted molar refractivity (Wildman–Crippen MR) is 200 cm³/mol. The molecule has 10 rings (SSSR count). The fourth-order valence-electron chi connectivity index (χ4n) is 12.2. The first kappa shape index (κ1) is 41.0. The molecule has 0 radical (unpaired) electrons. The summed E-state index contributed by atoms with van der Waals surface area (Å²) < 4.78 is 37.2. The summed E-state index contributed by atoms with van der Waals surface area (Å²) in [4.78, 5) is 49.1. The average Bonchev–Trinajstić information content (AvgIpc) is 3.55. The second-order valence-electron chi connectivity index (χ2n) is 19.0. The van der Waals surface area contributed by atoms with Crippen LogP contribution in [0.5, 0.6) is 0 Å². The van der Waals surface area contributed by atoms with Gasteiger partial charge < -0.3 is 39.1 Å². The Hall–Kier alpha value is -1.78. The van der Waals surface area contributed by atoms with Crippen molar-refractivity contribution in [3.05, 3.63) is 0 Å². The minimum atomic E-state index is -0.784. The zero-order valence-corrected chi connectivity index (χ0v) is 34.6. The van der Waals surface area contributed by atoms with E-state index in [-0.39, 0.29) is 24.0 Å². The Labute approximate surface area is 332 Å². The summed E-state index contributed by atoms with van der Waals surface area (Å²) in [6.07, 6.45) is 10.7. The van der Waals surface area contributed by atoms with Crippen LogP contribution in [-0.4, -0.2) is 86.1 Å². The van der Waals surface area contributed by atoms with Crippen LogP contribution in [-0.2, 0) is 48.0 Å². The van der Waals surface area contributed by atoms with Crippen molar-refractivity contribution in [1.29, 1.82) is 0 Å². The lowest BCUT2D eigenvalue weighted by atomic mass is 9.57. The van der Waals surface area contributed by atoms with Gasteiger partial charge in [-0.1, -0.05) is 27.7 Å². The van der Waals surface area contributed by atoms with Gasteiger partial charge in [-0.25, -0.2) is 29.1 Å². The van der Waals surface area contributed by atoms with Crippen LogP contribution < -0.4 is 10.6 Å². The summed E-state index contributed by atoms with van der Waals surface area (Å²) in [6, 6.07) is 0. The molecule has 2 aliphatic carbocycles. The molecule has 2 saturated carbocycles. The second kappa shape index (κ2) is 16.3. The molecule has 2 N–H and O–H groups in total. The number of carbonyl (C=O) groups excluding carboxylic acids is 2. The number of amides is 2. The lowest BCUT2D eigenvalue weighted by Crippen LogP contribution is -2.70. The zero-order valence-electron chi connectivity index (χ0n) is 34.6. The van der Waals surface area contributed by atoms with Crippen molar-refractivity contribution in [3.63, 3.8) is 0 Å². The van der Waals surface area contributed by atoms with Crippen molar-refractivity contribution in [3.8, 4) is 0 Å². The topological polar surface area (TPSA) is 150 Å². The molecular weight excluding hydrogens is 724 g/mol. The minimum Gasteiger partial charge on any atom is -0.450 e. The van der Waals surface area contributed by atoms with Crippen molar-refractivity contribution in [2.75, 3.05) is 26.3 Å². The van der Waals surface area contributed by atoms with E-state index in [0.29, 0.717) is 87.5 Å². The largest absolute Gasteiger partial charge is 0.450 e. The number of carbonyl (C=O) groups is 2. The Morgan fingerprint density at radius 3 is 1.43 bits per heavy atom. The van der Waals surface area contributed by atoms with Gasteiger partial charge in [-0.3, -0.25) is 0 Å². The van der Waals surface area contributed by atoms with Crippen molar-refractivity contribution in [2.24, 2.45) is 47.3 Å². The Bertz CT molecular complexity index is 1300. The highest BCUT2D eigenvalue weighted by atomic mass is 17.3. The molecule has 14 heteroatoms. The van der Waals surface area contributed by atoms with Gasteiger partial charge in [-0.15, -0.1) is 0 Å². The van der Waals surface area contributed by atoms with E-state index in [2.05, 4.69) is 38.3 Å². The van der Waals surface area contributed by atoms with E-state index >= 15 is 0 Å². The monoisotopic (exact) mass is 792 g/mol. The molecule has 0 aromatic carbocycles. The quantitative estimate of drug-likeness (QED) is 0.143. The van der Waals surface area contributed by atoms with E-state index in [9.17, 15) is 9.59 Å². The zero-order chi connectivity index (χ0) is 39.3. The molecule has 56 heavy (non-hydrogen) atoms. The van der Waals surface area contributed by atoms with Crippen LogP contribution in [0.4, 0.5) is 9.59 Å². The first-order valence-electron chi connectivity index (χ1n) is 22.1. The first-order valence-corrected chi connectivity index (χ1v) is 22.1. The van der Waals surface area contributed by atoms with E-state index in [1.54, 1.807) is 0 Å². The van der Waals surface area contributed by atoms with Gasteiger partial charge in [0.15, 0.2) is 23.8 Å². The van der Waals surface area contributed by atoms with Gasteiger partial charge in [0.2, 0.25) is 11.6 Å². The molecule has 8 aliphatic heterocycles. The number of alkyl carbamates (subject to hydrolysis) is 2. The lowest BCUT2D eigenvalue weighted by molar-refractivity contribution is -0.571. The van der Waals surface area contributed by atoms with Crippen molar-refractivity contribution in [1.82, 2.24) is 10.6 Å². The smallest absolute Gasteiger partial charge is 0.407 e. The fraction of sp³-hybridized carbons (Fsp3) is 0.952. The van der Waals surface area contributed by atoms with Crippen LogP contribution in [0.3, 0.4) is 0 Å². The van der Waals surface area contributed by atoms with Crippen molar-refractivity contribution < 1.29 is 57.6 Å². The second-order valence-corrected chi connectivity index (χ2v) is 19.0. The molecule has 14 nitrogen and oxygen atoms in total. The standard InChI is InChI=1S/C42H68N2O12/c1-25-13-15-31-27(3)33(49-35-41(31)29(25)17-19-39(5,51-35)53-55-41)11-9-23-47-37(45)43-21-7-8-22-44-38(46)48-24-10-12-34-28(4)32-16-14-26(2)30-18-20-40(6)52-36(50-34)42(30,32)56-54-40/h25-36H,7-24H2,1-6H3,(H,43,45)(H,44,46)/t25-,26-,27-,28-,29+,30+,31+,32+,33-,34-,35-,36-,39-,40-,41-,42-/m1/s1. The molecule has 318 valence electrons. The van der Waals surface area contributed by atoms with Gasteiger partial charge in [0.1, 0.15) is 0 Å². The van der Waals surface area contributed by atoms with Gasteiger partial charge in [0, 0.05) is 37.8 Å². The molecule has 2 amide bonds. The Morgan fingerprint density at radius 1 is 0.571 bits per heavy atom. The minimum absolute atomic E-state index is 0.00486. The molecule has 8 heterocycles. The molecular formula is C42H68N2O12. The summed E-state index contributed by atoms with van der Waals surface area (Å²) in [7, 11) is 0. The highest BCUT2D eigenvalue weighted by molar-refractivity contribution is 5.67. The number of nitrogens with one attached hydrogen (secondary N) is 2. The highest BCUT2D eigenvalue weighted by Gasteiger charge is 2.70. The van der Waals surface area contributed by atoms with Crippen LogP contribution in [0.2, 0.25) is 0 Å². The summed E-state index contributed by atoms with van der Waals surface area (Å²) in [5.41, 5.74) is -1.11. The third kappa shape index (κ3) is 7.49. The number of hydrogen-bond acceptors (Lipinski definition) is 12. The van der Waals surface area contributed by atoms with Gasteiger partial charge >= 0.3 is 12.2 Å². The summed E-state index contributed by atoms with van der Waals surface area (Å²) >= 11 is 0. The molecule has 4 bridgehead atoms. The molecule has 0 aromatic rings. The average molecular weight is 793 g/mol. The normalized spacial score (nSPS) is 47.5. The van der Waals surface area contributed by atoms with E-state index in [4.69, 9.17) is 48.0 Å². The number of rotatable bonds is 13. The van der Waals surface area contributed by atoms with Crippen LogP contribution in [0.15, 0.2) is 0 Å². The first-order chi connectivity index (χ1) is 26.9. The third-order valence-electron chi connectivity index (χ3n) is 15.5. The fourth-order valence-corrected chi connectivity index (χ4v) is 12.2. The molecule has 0 aromatic heterocycles. The number of ether oxygens (including phenoxy) is 6. The maximum atomic E-state index is 12.4. The van der Waals surface area contributed by atoms with Crippen LogP contribution in [0.25, 0.3) is 0 Å². The van der Waals surface area contributed by atoms with Crippen molar-refractivity contribution in [2.45, 2.75) is 179 Å². The van der Waals surface area contributed by atoms with E-state index in [1.165, 1.54) is 12.8 Å². The maximum Gasteiger partial charge on any atom is 0.407 e. The van der Waals surface area contributed by atoms with Crippen LogP contribution in [0.1, 0.15) is 131 Å². The number of fused-ring (bicyclic) bond motifs is 4. The number of unbranched alkanes of at least 4 members (excludes halogenated alkanes) is 1. The van der Waals surface area contributed by atoms with E-state index < -0.39 is 47.5 Å². The third-order valence-corrected chi connectivity index (χ3v) is 15.5. The molecule has 10 aliphatic rings. The van der Waals surface area contributed by atoms with Gasteiger partial charge in [0.05, 0.1) is 25.4 Å². The number of hydrogen-bond donors (Lipinski definition) is 2. The Morgan fingerprint density at radius 2 is 1.00 bits per heavy atom. The molecule has 16 atom stereocenters. The van der Waals surface area contributed by atoms with Gasteiger partial charge in [-0.2, -0.15) is 0 Å². The van der Waals surface area contributed by atoms with Crippen LogP contribution in [0, 0.1) is 47.3 Å². The molecule has 8 saturated heterocycles. The highest BCUT2D eigenvalue weighted by Crippen LogP contribution is 2.62. The summed E-state index contributed by atoms with van der Waals surface area (Å²) in [5, 5.41) is 5.63. The molecule has 10 fully saturated rings. The van der Waals surface area contributed by atoms with E-state index in [1.807, 2.05) is 13.8 Å². The maximum absolute atomic E-state index is 12.4. The summed E-state index contributed by atoms with van der Waals surface area (Å²) in [6.45, 7) is 14.6. The summed E-state index contributed by atoms with van der Waals surface area (Å²) in [5.74, 6) is 1.32. The van der Waals surface area contributed by atoms with E-state index in [0.717, 1.165) is 51.4 Å². The Kier molecular flexibility index (Phi) is 12.0. The van der Waals surface area contributed by atoms with Crippen molar-refractivity contribution >= 4 is 12.2 Å². The predicted octanol–water partition coefficient (Wildman–Crippen LogP) is 7.28. The van der Waals surface area contributed by atoms with Crippen LogP contribution >= 0.6 is 0 Å². The molecule has 0 unspecified atom stereocenters.